The number of amides is 1. The maximum absolute atomic E-state index is 12.5. The molecule has 0 spiro atoms. The lowest BCUT2D eigenvalue weighted by Crippen LogP contribution is -2.16. The second-order valence-electron chi connectivity index (χ2n) is 4.87. The van der Waals surface area contributed by atoms with E-state index in [0.29, 0.717) is 22.7 Å². The van der Waals surface area contributed by atoms with Crippen LogP contribution in [0.3, 0.4) is 0 Å². The highest BCUT2D eigenvalue weighted by Gasteiger charge is 2.12. The first-order valence-electron chi connectivity index (χ1n) is 7.16. The molecule has 23 heavy (non-hydrogen) atoms. The lowest BCUT2D eigenvalue weighted by atomic mass is 10.2. The van der Waals surface area contributed by atoms with E-state index in [-0.39, 0.29) is 5.91 Å². The van der Waals surface area contributed by atoms with Crippen molar-refractivity contribution in [2.24, 2.45) is 4.99 Å². The van der Waals surface area contributed by atoms with Gasteiger partial charge in [0.2, 0.25) is 0 Å². The molecule has 0 N–H and O–H groups in total. The van der Waals surface area contributed by atoms with Gasteiger partial charge >= 0.3 is 0 Å². The zero-order chi connectivity index (χ0) is 16.2. The largest absolute Gasteiger partial charge is 0.496 e. The number of carbonyl (C=O) groups excluding carboxylic acids is 1. The molecule has 0 atom stereocenters. The van der Waals surface area contributed by atoms with Crippen LogP contribution in [0.15, 0.2) is 66.2 Å². The van der Waals surface area contributed by atoms with Crippen molar-refractivity contribution in [2.45, 2.75) is 6.54 Å². The van der Waals surface area contributed by atoms with Crippen molar-refractivity contribution in [2.75, 3.05) is 7.11 Å². The molecule has 4 nitrogen and oxygen atoms in total. The van der Waals surface area contributed by atoms with Crippen LogP contribution in [0.4, 0.5) is 0 Å². The molecule has 1 heterocycles. The molecule has 5 heteroatoms. The Bertz CT molecular complexity index is 937. The Morgan fingerprint density at radius 3 is 2.78 bits per heavy atom. The number of thiazole rings is 1. The second-order valence-corrected chi connectivity index (χ2v) is 5.88. The van der Waals surface area contributed by atoms with Gasteiger partial charge in [0.15, 0.2) is 4.80 Å². The molecule has 0 saturated heterocycles. The van der Waals surface area contributed by atoms with Crippen LogP contribution in [-0.4, -0.2) is 17.6 Å². The minimum atomic E-state index is -0.313. The summed E-state index contributed by atoms with van der Waals surface area (Å²) in [7, 11) is 1.55. The van der Waals surface area contributed by atoms with Gasteiger partial charge in [0.25, 0.3) is 5.91 Å². The summed E-state index contributed by atoms with van der Waals surface area (Å²) in [6.45, 7) is 4.38. The highest BCUT2D eigenvalue weighted by Crippen LogP contribution is 2.19. The third-order valence-electron chi connectivity index (χ3n) is 3.43. The summed E-state index contributed by atoms with van der Waals surface area (Å²) in [6, 6.07) is 15.1. The van der Waals surface area contributed by atoms with E-state index in [2.05, 4.69) is 11.6 Å². The molecule has 1 amide bonds. The molecule has 0 unspecified atom stereocenters. The smallest absolute Gasteiger partial charge is 0.283 e. The molecular formula is C18H16N2O2S. The number of fused-ring (bicyclic) bond motifs is 1. The molecule has 3 rings (SSSR count). The Morgan fingerprint density at radius 2 is 2.00 bits per heavy atom. The van der Waals surface area contributed by atoms with Gasteiger partial charge in [-0.05, 0) is 24.3 Å². The van der Waals surface area contributed by atoms with Gasteiger partial charge < -0.3 is 9.30 Å². The van der Waals surface area contributed by atoms with Crippen molar-refractivity contribution in [1.82, 2.24) is 4.57 Å². The standard InChI is InChI=1S/C18H16N2O2S/c1-3-12-20-14-9-5-7-11-16(14)23-18(20)19-17(21)13-8-4-6-10-15(13)22-2/h3-11H,1,12H2,2H3. The lowest BCUT2D eigenvalue weighted by Gasteiger charge is -2.04. The average molecular weight is 324 g/mol. The minimum Gasteiger partial charge on any atom is -0.496 e. The third-order valence-corrected chi connectivity index (χ3v) is 4.49. The maximum atomic E-state index is 12.5. The molecule has 0 fully saturated rings. The average Bonchev–Trinajstić information content (AvgIpc) is 2.92. The van der Waals surface area contributed by atoms with Crippen LogP contribution in [0, 0.1) is 0 Å². The fraction of sp³-hybridized carbons (Fsp3) is 0.111. The van der Waals surface area contributed by atoms with Gasteiger partial charge in [0.05, 0.1) is 22.9 Å². The van der Waals surface area contributed by atoms with Gasteiger partial charge in [-0.25, -0.2) is 0 Å². The highest BCUT2D eigenvalue weighted by atomic mass is 32.1. The molecule has 0 aliphatic heterocycles. The van der Waals surface area contributed by atoms with Gasteiger partial charge in [-0.2, -0.15) is 4.99 Å². The van der Waals surface area contributed by atoms with E-state index in [1.54, 1.807) is 31.4 Å². The van der Waals surface area contributed by atoms with E-state index in [0.717, 1.165) is 10.2 Å². The highest BCUT2D eigenvalue weighted by molar-refractivity contribution is 7.16. The van der Waals surface area contributed by atoms with Crippen LogP contribution in [0.25, 0.3) is 10.2 Å². The molecule has 1 aromatic heterocycles. The number of hydrogen-bond donors (Lipinski definition) is 0. The number of methoxy groups -OCH3 is 1. The molecule has 0 radical (unpaired) electrons. The fourth-order valence-electron chi connectivity index (χ4n) is 2.38. The summed E-state index contributed by atoms with van der Waals surface area (Å²) in [5.74, 6) is 0.212. The van der Waals surface area contributed by atoms with Crippen LogP contribution in [-0.2, 0) is 6.54 Å². The monoisotopic (exact) mass is 324 g/mol. The molecule has 3 aromatic rings. The number of para-hydroxylation sites is 2. The molecule has 0 saturated carbocycles. The van der Waals surface area contributed by atoms with Crippen molar-refractivity contribution < 1.29 is 9.53 Å². The van der Waals surface area contributed by atoms with Gasteiger partial charge in [0, 0.05) is 6.54 Å². The Hall–Kier alpha value is -2.66. The molecular weight excluding hydrogens is 308 g/mol. The number of aromatic nitrogens is 1. The van der Waals surface area contributed by atoms with Crippen molar-refractivity contribution in [3.63, 3.8) is 0 Å². The Labute approximate surface area is 138 Å². The summed E-state index contributed by atoms with van der Waals surface area (Å²) >= 11 is 1.49. The quantitative estimate of drug-likeness (QED) is 0.688. The van der Waals surface area contributed by atoms with Gasteiger partial charge in [-0.15, -0.1) is 6.58 Å². The summed E-state index contributed by atoms with van der Waals surface area (Å²) in [5.41, 5.74) is 1.50. The number of carbonyl (C=O) groups is 1. The number of nitrogens with zero attached hydrogens (tertiary/aromatic N) is 2. The summed E-state index contributed by atoms with van der Waals surface area (Å²) in [5, 5.41) is 0. The van der Waals surface area contributed by atoms with Crippen LogP contribution in [0.1, 0.15) is 10.4 Å². The first-order chi connectivity index (χ1) is 11.2. The predicted octanol–water partition coefficient (Wildman–Crippen LogP) is 3.64. The number of benzene rings is 2. The van der Waals surface area contributed by atoms with Crippen LogP contribution in [0.5, 0.6) is 5.75 Å². The van der Waals surface area contributed by atoms with E-state index in [1.165, 1.54) is 11.3 Å². The van der Waals surface area contributed by atoms with Crippen LogP contribution < -0.4 is 9.54 Å². The first-order valence-corrected chi connectivity index (χ1v) is 7.97. The number of allylic oxidation sites excluding steroid dienone is 1. The first kappa shape index (κ1) is 15.2. The number of ether oxygens (including phenoxy) is 1. The van der Waals surface area contributed by atoms with E-state index in [4.69, 9.17) is 4.74 Å². The predicted molar refractivity (Wildman–Crippen MR) is 92.9 cm³/mol. The van der Waals surface area contributed by atoms with Crippen molar-refractivity contribution in [3.8, 4) is 5.75 Å². The zero-order valence-corrected chi connectivity index (χ0v) is 13.5. The summed E-state index contributed by atoms with van der Waals surface area (Å²) < 4.78 is 8.31. The van der Waals surface area contributed by atoms with Gasteiger partial charge in [-0.1, -0.05) is 41.7 Å². The van der Waals surface area contributed by atoms with Gasteiger partial charge in [0.1, 0.15) is 5.75 Å². The van der Waals surface area contributed by atoms with E-state index in [1.807, 2.05) is 34.9 Å². The molecule has 0 aliphatic rings. The van der Waals surface area contributed by atoms with Crippen molar-refractivity contribution in [3.05, 3.63) is 71.6 Å². The summed E-state index contributed by atoms with van der Waals surface area (Å²) in [4.78, 5) is 17.5. The zero-order valence-electron chi connectivity index (χ0n) is 12.7. The maximum Gasteiger partial charge on any atom is 0.283 e. The summed E-state index contributed by atoms with van der Waals surface area (Å²) in [6.07, 6.45) is 1.80. The topological polar surface area (TPSA) is 43.6 Å². The molecule has 2 aromatic carbocycles. The van der Waals surface area contributed by atoms with E-state index >= 15 is 0 Å². The van der Waals surface area contributed by atoms with E-state index < -0.39 is 0 Å². The lowest BCUT2D eigenvalue weighted by molar-refractivity contribution is 0.0995. The minimum absolute atomic E-state index is 0.313. The molecule has 0 bridgehead atoms. The fourth-order valence-corrected chi connectivity index (χ4v) is 3.42. The Morgan fingerprint density at radius 1 is 1.26 bits per heavy atom. The Balaban J connectivity index is 2.15. The second kappa shape index (κ2) is 6.62. The van der Waals surface area contributed by atoms with Crippen LogP contribution in [0.2, 0.25) is 0 Å². The normalized spacial score (nSPS) is 11.6. The third kappa shape index (κ3) is 2.96. The Kier molecular flexibility index (Phi) is 4.39. The van der Waals surface area contributed by atoms with Gasteiger partial charge in [-0.3, -0.25) is 4.79 Å². The number of hydrogen-bond acceptors (Lipinski definition) is 3. The van der Waals surface area contributed by atoms with Crippen LogP contribution >= 0.6 is 11.3 Å². The van der Waals surface area contributed by atoms with Crippen molar-refractivity contribution >= 4 is 27.5 Å². The van der Waals surface area contributed by atoms with Crippen molar-refractivity contribution in [1.29, 1.82) is 0 Å². The van der Waals surface area contributed by atoms with E-state index in [9.17, 15) is 4.79 Å². The molecule has 0 aliphatic carbocycles. The molecule has 116 valence electrons. The SMILES string of the molecule is C=CCn1c(=NC(=O)c2ccccc2OC)sc2ccccc21. The number of rotatable bonds is 4.